The van der Waals surface area contributed by atoms with E-state index in [1.54, 1.807) is 24.4 Å². The van der Waals surface area contributed by atoms with Crippen molar-refractivity contribution in [1.82, 2.24) is 4.98 Å². The Kier molecular flexibility index (Phi) is 6.57. The highest BCUT2D eigenvalue weighted by molar-refractivity contribution is 5.89. The van der Waals surface area contributed by atoms with Gasteiger partial charge in [0.2, 0.25) is 5.91 Å². The van der Waals surface area contributed by atoms with Gasteiger partial charge >= 0.3 is 5.97 Å². The van der Waals surface area contributed by atoms with E-state index in [9.17, 15) is 9.59 Å². The first kappa shape index (κ1) is 15.1. The average molecular weight is 264 g/mol. The van der Waals surface area contributed by atoms with E-state index in [1.165, 1.54) is 0 Å². The molecule has 1 rings (SSSR count). The number of amides is 1. The molecule has 2 N–H and O–H groups in total. The molecule has 5 heteroatoms. The average Bonchev–Trinajstić information content (AvgIpc) is 2.39. The van der Waals surface area contributed by atoms with Crippen LogP contribution in [0.2, 0.25) is 0 Å². The van der Waals surface area contributed by atoms with E-state index in [0.717, 1.165) is 6.42 Å². The Morgan fingerprint density at radius 3 is 2.74 bits per heavy atom. The fourth-order valence-electron chi connectivity index (χ4n) is 1.82. The number of hydrogen-bond donors (Lipinski definition) is 2. The molecule has 1 amide bonds. The van der Waals surface area contributed by atoms with Gasteiger partial charge in [0.1, 0.15) is 5.82 Å². The number of carboxylic acid groups (broad SMARTS) is 1. The van der Waals surface area contributed by atoms with Gasteiger partial charge in [-0.2, -0.15) is 0 Å². The zero-order valence-electron chi connectivity index (χ0n) is 11.1. The number of carbonyl (C=O) groups excluding carboxylic acids is 1. The maximum absolute atomic E-state index is 11.6. The van der Waals surface area contributed by atoms with E-state index in [1.807, 2.05) is 6.92 Å². The van der Waals surface area contributed by atoms with E-state index in [4.69, 9.17) is 5.11 Å². The highest BCUT2D eigenvalue weighted by Crippen LogP contribution is 2.14. The van der Waals surface area contributed by atoms with E-state index in [0.29, 0.717) is 31.5 Å². The van der Waals surface area contributed by atoms with Gasteiger partial charge in [-0.3, -0.25) is 9.59 Å². The number of aromatic nitrogens is 1. The maximum Gasteiger partial charge on any atom is 0.306 e. The molecule has 0 saturated carbocycles. The predicted octanol–water partition coefficient (Wildman–Crippen LogP) is 2.69. The van der Waals surface area contributed by atoms with Gasteiger partial charge in [0.25, 0.3) is 0 Å². The van der Waals surface area contributed by atoms with Crippen LogP contribution in [0.25, 0.3) is 0 Å². The number of anilines is 1. The number of rotatable bonds is 8. The molecule has 1 unspecified atom stereocenters. The number of pyridine rings is 1. The molecule has 1 heterocycles. The Labute approximate surface area is 113 Å². The Bertz CT molecular complexity index is 406. The van der Waals surface area contributed by atoms with Gasteiger partial charge in [-0.25, -0.2) is 4.98 Å². The second-order valence-electron chi connectivity index (χ2n) is 4.45. The highest BCUT2D eigenvalue weighted by atomic mass is 16.4. The molecule has 0 radical (unpaired) electrons. The molecule has 0 aliphatic rings. The summed E-state index contributed by atoms with van der Waals surface area (Å²) >= 11 is 0. The van der Waals surface area contributed by atoms with Crippen LogP contribution in [0.1, 0.15) is 39.0 Å². The van der Waals surface area contributed by atoms with Crippen LogP contribution >= 0.6 is 0 Å². The molecule has 0 fully saturated rings. The molecule has 0 spiro atoms. The maximum atomic E-state index is 11.6. The summed E-state index contributed by atoms with van der Waals surface area (Å²) in [6.07, 6.45) is 4.72. The third-order valence-electron chi connectivity index (χ3n) is 2.98. The number of nitrogens with zero attached hydrogens (tertiary/aromatic N) is 1. The lowest BCUT2D eigenvalue weighted by molar-refractivity contribution is -0.142. The molecule has 0 bridgehead atoms. The van der Waals surface area contributed by atoms with E-state index >= 15 is 0 Å². The normalized spacial score (nSPS) is 11.8. The van der Waals surface area contributed by atoms with Crippen molar-refractivity contribution in [3.63, 3.8) is 0 Å². The van der Waals surface area contributed by atoms with Gasteiger partial charge in [0, 0.05) is 12.6 Å². The molecule has 1 aromatic rings. The summed E-state index contributed by atoms with van der Waals surface area (Å²) in [5.74, 6) is -0.578. The Balaban J connectivity index is 2.19. The molecule has 19 heavy (non-hydrogen) atoms. The summed E-state index contributed by atoms with van der Waals surface area (Å²) in [4.78, 5) is 26.4. The predicted molar refractivity (Wildman–Crippen MR) is 72.8 cm³/mol. The largest absolute Gasteiger partial charge is 0.481 e. The van der Waals surface area contributed by atoms with Crippen molar-refractivity contribution in [2.75, 3.05) is 5.32 Å². The Hall–Kier alpha value is -1.91. The highest BCUT2D eigenvalue weighted by Gasteiger charge is 2.14. The lowest BCUT2D eigenvalue weighted by Crippen LogP contribution is -2.14. The van der Waals surface area contributed by atoms with Crippen molar-refractivity contribution in [3.05, 3.63) is 24.4 Å². The molecule has 5 nitrogen and oxygen atoms in total. The second-order valence-corrected chi connectivity index (χ2v) is 4.45. The summed E-state index contributed by atoms with van der Waals surface area (Å²) in [5, 5.41) is 11.6. The number of carboxylic acids is 1. The van der Waals surface area contributed by atoms with Crippen LogP contribution in [-0.2, 0) is 9.59 Å². The van der Waals surface area contributed by atoms with Crippen molar-refractivity contribution in [2.24, 2.45) is 5.92 Å². The first-order chi connectivity index (χ1) is 9.13. The number of nitrogens with one attached hydrogen (secondary N) is 1. The van der Waals surface area contributed by atoms with Crippen molar-refractivity contribution in [2.45, 2.75) is 39.0 Å². The molecule has 104 valence electrons. The molecule has 1 atom stereocenters. The van der Waals surface area contributed by atoms with Crippen LogP contribution in [0.15, 0.2) is 24.4 Å². The SMILES string of the molecule is CCC(CCCCC(=O)Nc1ccccn1)C(=O)O. The number of unbranched alkanes of at least 4 members (excludes halogenated alkanes) is 1. The van der Waals surface area contributed by atoms with Crippen LogP contribution in [0.4, 0.5) is 5.82 Å². The summed E-state index contributed by atoms with van der Waals surface area (Å²) < 4.78 is 0. The summed E-state index contributed by atoms with van der Waals surface area (Å²) in [6, 6.07) is 5.32. The summed E-state index contributed by atoms with van der Waals surface area (Å²) in [7, 11) is 0. The van der Waals surface area contributed by atoms with E-state index < -0.39 is 5.97 Å². The zero-order valence-corrected chi connectivity index (χ0v) is 11.1. The van der Waals surface area contributed by atoms with Crippen molar-refractivity contribution < 1.29 is 14.7 Å². The van der Waals surface area contributed by atoms with Gasteiger partial charge in [-0.1, -0.05) is 19.4 Å². The van der Waals surface area contributed by atoms with Gasteiger partial charge in [-0.05, 0) is 31.4 Å². The lowest BCUT2D eigenvalue weighted by atomic mass is 9.99. The summed E-state index contributed by atoms with van der Waals surface area (Å²) in [5.41, 5.74) is 0. The van der Waals surface area contributed by atoms with Crippen LogP contribution in [-0.4, -0.2) is 22.0 Å². The van der Waals surface area contributed by atoms with Gasteiger partial charge in [0.05, 0.1) is 5.92 Å². The van der Waals surface area contributed by atoms with E-state index in [-0.39, 0.29) is 11.8 Å². The first-order valence-electron chi connectivity index (χ1n) is 6.57. The molecule has 0 aliphatic carbocycles. The van der Waals surface area contributed by atoms with Crippen molar-refractivity contribution in [1.29, 1.82) is 0 Å². The van der Waals surface area contributed by atoms with Crippen LogP contribution in [0.5, 0.6) is 0 Å². The molecule has 0 aromatic carbocycles. The van der Waals surface area contributed by atoms with Gasteiger partial charge in [0.15, 0.2) is 0 Å². The topological polar surface area (TPSA) is 79.3 Å². The molecular weight excluding hydrogens is 244 g/mol. The fraction of sp³-hybridized carbons (Fsp3) is 0.500. The standard InChI is InChI=1S/C14H20N2O3/c1-2-11(14(18)19)7-3-4-9-13(17)16-12-8-5-6-10-15-12/h5-6,8,10-11H,2-4,7,9H2,1H3,(H,18,19)(H,15,16,17). The Morgan fingerprint density at radius 2 is 2.16 bits per heavy atom. The monoisotopic (exact) mass is 264 g/mol. The minimum absolute atomic E-state index is 0.0814. The molecular formula is C14H20N2O3. The van der Waals surface area contributed by atoms with Crippen molar-refractivity contribution in [3.8, 4) is 0 Å². The van der Waals surface area contributed by atoms with Crippen molar-refractivity contribution >= 4 is 17.7 Å². The zero-order chi connectivity index (χ0) is 14.1. The minimum Gasteiger partial charge on any atom is -0.481 e. The molecule has 0 aliphatic heterocycles. The first-order valence-corrected chi connectivity index (χ1v) is 6.57. The quantitative estimate of drug-likeness (QED) is 0.707. The lowest BCUT2D eigenvalue weighted by Gasteiger charge is -2.09. The van der Waals surface area contributed by atoms with Crippen LogP contribution in [0, 0.1) is 5.92 Å². The second kappa shape index (κ2) is 8.24. The van der Waals surface area contributed by atoms with E-state index in [2.05, 4.69) is 10.3 Å². The van der Waals surface area contributed by atoms with Crippen LogP contribution < -0.4 is 5.32 Å². The third kappa shape index (κ3) is 5.99. The van der Waals surface area contributed by atoms with Gasteiger partial charge in [-0.15, -0.1) is 0 Å². The molecule has 1 aromatic heterocycles. The van der Waals surface area contributed by atoms with Gasteiger partial charge < -0.3 is 10.4 Å². The third-order valence-corrected chi connectivity index (χ3v) is 2.98. The smallest absolute Gasteiger partial charge is 0.306 e. The number of aliphatic carboxylic acids is 1. The fourth-order valence-corrected chi connectivity index (χ4v) is 1.82. The molecule has 0 saturated heterocycles. The Morgan fingerprint density at radius 1 is 1.37 bits per heavy atom. The van der Waals surface area contributed by atoms with Crippen LogP contribution in [0.3, 0.4) is 0 Å². The number of hydrogen-bond acceptors (Lipinski definition) is 3. The number of carbonyl (C=O) groups is 2. The summed E-state index contributed by atoms with van der Waals surface area (Å²) in [6.45, 7) is 1.87. The minimum atomic E-state index is -0.750.